The van der Waals surface area contributed by atoms with Gasteiger partial charge in [0.15, 0.2) is 0 Å². The first kappa shape index (κ1) is 40.1. The summed E-state index contributed by atoms with van der Waals surface area (Å²) in [5, 5.41) is 36.5. The Morgan fingerprint density at radius 1 is 0.345 bits per heavy atom. The number of hydrogen-bond donors (Lipinski definition) is 4. The molecule has 0 aromatic heterocycles. The van der Waals surface area contributed by atoms with Crippen molar-refractivity contribution in [3.05, 3.63) is 0 Å². The third-order valence-corrected chi connectivity index (χ3v) is 6.09. The van der Waals surface area contributed by atoms with E-state index in [1.807, 2.05) is 83.1 Å². The third-order valence-electron chi connectivity index (χ3n) is 6.09. The molecule has 0 saturated heterocycles. The maximum absolute atomic E-state index is 9.13. The van der Waals surface area contributed by atoms with Crippen LogP contribution in [0.15, 0.2) is 0 Å². The third kappa shape index (κ3) is 33.6. The second-order valence-electron chi connectivity index (χ2n) is 8.82. The average molecular weight is 500 g/mol. The molecule has 0 radical (unpaired) electrons. The van der Waals surface area contributed by atoms with E-state index in [-0.39, 0.29) is 26.2 Å². The summed E-state index contributed by atoms with van der Waals surface area (Å²) >= 11 is 0. The van der Waals surface area contributed by atoms with Crippen LogP contribution in [0.4, 0.5) is 0 Å². The standard InChI is InChI=1S/4C6H14O.Zr/c4*1-4-6(3,7)5-2;/h4*7H,4-5H2,1-3H3;. The zero-order chi connectivity index (χ0) is 23.7. The van der Waals surface area contributed by atoms with E-state index in [4.69, 9.17) is 20.4 Å². The van der Waals surface area contributed by atoms with Gasteiger partial charge in [-0.1, -0.05) is 55.4 Å². The van der Waals surface area contributed by atoms with Gasteiger partial charge in [-0.15, -0.1) is 0 Å². The van der Waals surface area contributed by atoms with E-state index in [2.05, 4.69) is 0 Å². The van der Waals surface area contributed by atoms with Gasteiger partial charge in [0.2, 0.25) is 0 Å². The van der Waals surface area contributed by atoms with Crippen molar-refractivity contribution >= 4 is 0 Å². The molecule has 0 rings (SSSR count). The second-order valence-corrected chi connectivity index (χ2v) is 8.82. The molecule has 4 N–H and O–H groups in total. The quantitative estimate of drug-likeness (QED) is 0.319. The van der Waals surface area contributed by atoms with Crippen molar-refractivity contribution in [3.8, 4) is 0 Å². The first-order valence-corrected chi connectivity index (χ1v) is 11.4. The van der Waals surface area contributed by atoms with Gasteiger partial charge in [-0.05, 0) is 79.1 Å². The molecule has 0 amide bonds. The molecule has 5 heteroatoms. The Kier molecular flexibility index (Phi) is 28.5. The Balaban J connectivity index is -0.0000000873. The van der Waals surface area contributed by atoms with Gasteiger partial charge in [0.25, 0.3) is 0 Å². The van der Waals surface area contributed by atoms with Crippen LogP contribution >= 0.6 is 0 Å². The summed E-state index contributed by atoms with van der Waals surface area (Å²) < 4.78 is 0. The molecule has 0 spiro atoms. The van der Waals surface area contributed by atoms with Crippen LogP contribution in [0.1, 0.15) is 134 Å². The van der Waals surface area contributed by atoms with E-state index < -0.39 is 22.4 Å². The molecule has 4 nitrogen and oxygen atoms in total. The maximum atomic E-state index is 9.13. The summed E-state index contributed by atoms with van der Waals surface area (Å²) in [5.41, 5.74) is -1.67. The van der Waals surface area contributed by atoms with Crippen molar-refractivity contribution in [1.82, 2.24) is 0 Å². The summed E-state index contributed by atoms with van der Waals surface area (Å²) in [6.45, 7) is 23.3. The van der Waals surface area contributed by atoms with Gasteiger partial charge in [0, 0.05) is 26.2 Å². The molecule has 0 aromatic rings. The zero-order valence-electron chi connectivity index (χ0n) is 21.9. The van der Waals surface area contributed by atoms with E-state index in [9.17, 15) is 0 Å². The van der Waals surface area contributed by atoms with Crippen LogP contribution in [0.3, 0.4) is 0 Å². The van der Waals surface area contributed by atoms with E-state index in [1.165, 1.54) is 0 Å². The van der Waals surface area contributed by atoms with Gasteiger partial charge >= 0.3 is 0 Å². The Morgan fingerprint density at radius 2 is 0.414 bits per heavy atom. The van der Waals surface area contributed by atoms with Gasteiger partial charge in [-0.3, -0.25) is 0 Å². The molecule has 29 heavy (non-hydrogen) atoms. The van der Waals surface area contributed by atoms with Crippen molar-refractivity contribution in [2.24, 2.45) is 0 Å². The van der Waals surface area contributed by atoms with Crippen LogP contribution < -0.4 is 0 Å². The topological polar surface area (TPSA) is 80.9 Å². The molecule has 0 saturated carbocycles. The SMILES string of the molecule is CCC(C)(O)CC.CCC(C)(O)CC.CCC(C)(O)CC.CCC(C)(O)CC.[Zr]. The number of hydrogen-bond acceptors (Lipinski definition) is 4. The Hall–Kier alpha value is 0.723. The Labute approximate surface area is 203 Å². The molecule has 0 fully saturated rings. The molecule has 0 unspecified atom stereocenters. The first-order chi connectivity index (χ1) is 12.5. The minimum Gasteiger partial charge on any atom is -0.390 e. The smallest absolute Gasteiger partial charge is 0.0614 e. The van der Waals surface area contributed by atoms with Gasteiger partial charge < -0.3 is 20.4 Å². The number of aliphatic hydroxyl groups is 4. The van der Waals surface area contributed by atoms with Crippen LogP contribution in [0.5, 0.6) is 0 Å². The summed E-state index contributed by atoms with van der Waals surface area (Å²) in [6, 6.07) is 0. The normalized spacial score (nSPS) is 11.6. The summed E-state index contributed by atoms with van der Waals surface area (Å²) in [6.07, 6.45) is 6.81. The molecule has 0 atom stereocenters. The predicted molar refractivity (Wildman–Crippen MR) is 125 cm³/mol. The molecule has 180 valence electrons. The molecule has 0 aromatic carbocycles. The van der Waals surface area contributed by atoms with Crippen LogP contribution in [0.2, 0.25) is 0 Å². The van der Waals surface area contributed by atoms with Crippen LogP contribution in [0.25, 0.3) is 0 Å². The molecular weight excluding hydrogens is 443 g/mol. The fraction of sp³-hybridized carbons (Fsp3) is 1.00. The second kappa shape index (κ2) is 20.6. The van der Waals surface area contributed by atoms with E-state index in [0.29, 0.717) is 0 Å². The van der Waals surface area contributed by atoms with Crippen molar-refractivity contribution in [3.63, 3.8) is 0 Å². The van der Waals surface area contributed by atoms with Crippen molar-refractivity contribution in [1.29, 1.82) is 0 Å². The minimum absolute atomic E-state index is 0. The van der Waals surface area contributed by atoms with Crippen molar-refractivity contribution < 1.29 is 46.6 Å². The molecular formula is C24H56O4Zr. The largest absolute Gasteiger partial charge is 0.390 e. The van der Waals surface area contributed by atoms with Crippen LogP contribution in [-0.2, 0) is 26.2 Å². The van der Waals surface area contributed by atoms with Gasteiger partial charge in [-0.2, -0.15) is 0 Å². The molecule has 0 bridgehead atoms. The Morgan fingerprint density at radius 3 is 0.414 bits per heavy atom. The Bertz CT molecular complexity index is 239. The maximum Gasteiger partial charge on any atom is 0.0614 e. The number of rotatable bonds is 8. The monoisotopic (exact) mass is 498 g/mol. The van der Waals surface area contributed by atoms with Gasteiger partial charge in [0.05, 0.1) is 22.4 Å². The minimum atomic E-state index is -0.417. The average Bonchev–Trinajstić information content (AvgIpc) is 2.69. The molecule has 0 heterocycles. The van der Waals surface area contributed by atoms with Crippen molar-refractivity contribution in [2.45, 2.75) is 157 Å². The van der Waals surface area contributed by atoms with Crippen LogP contribution in [0, 0.1) is 0 Å². The fourth-order valence-electron chi connectivity index (χ4n) is 1.000. The molecule has 0 aliphatic carbocycles. The van der Waals surface area contributed by atoms with Gasteiger partial charge in [-0.25, -0.2) is 0 Å². The van der Waals surface area contributed by atoms with E-state index >= 15 is 0 Å². The molecule has 0 aliphatic heterocycles. The van der Waals surface area contributed by atoms with Gasteiger partial charge in [0.1, 0.15) is 0 Å². The first-order valence-electron chi connectivity index (χ1n) is 11.4. The summed E-state index contributed by atoms with van der Waals surface area (Å²) in [4.78, 5) is 0. The van der Waals surface area contributed by atoms with E-state index in [1.54, 1.807) is 0 Å². The molecule has 0 aliphatic rings. The predicted octanol–water partition coefficient (Wildman–Crippen LogP) is 6.23. The van der Waals surface area contributed by atoms with Crippen LogP contribution in [-0.4, -0.2) is 42.8 Å². The zero-order valence-corrected chi connectivity index (χ0v) is 24.4. The summed E-state index contributed by atoms with van der Waals surface area (Å²) in [5.74, 6) is 0. The fourth-order valence-corrected chi connectivity index (χ4v) is 1.000. The summed E-state index contributed by atoms with van der Waals surface area (Å²) in [7, 11) is 0. The van der Waals surface area contributed by atoms with Crippen molar-refractivity contribution in [2.75, 3.05) is 0 Å². The van der Waals surface area contributed by atoms with E-state index in [0.717, 1.165) is 51.4 Å².